The van der Waals surface area contributed by atoms with E-state index in [9.17, 15) is 10.2 Å². The van der Waals surface area contributed by atoms with E-state index in [1.54, 1.807) is 0 Å². The molecule has 4 rings (SSSR count). The molecule has 5 nitrogen and oxygen atoms in total. The smallest absolute Gasteiger partial charge is 0.124 e. The third-order valence-electron chi connectivity index (χ3n) is 5.53. The molecule has 2 unspecified atom stereocenters. The van der Waals surface area contributed by atoms with Gasteiger partial charge in [-0.1, -0.05) is 35.9 Å². The molecule has 0 aromatic heterocycles. The van der Waals surface area contributed by atoms with Crippen molar-refractivity contribution in [1.82, 2.24) is 0 Å². The molecular formula is C23H27ClO5. The van der Waals surface area contributed by atoms with Gasteiger partial charge in [0.2, 0.25) is 0 Å². The van der Waals surface area contributed by atoms with Crippen LogP contribution in [0.2, 0.25) is 5.02 Å². The zero-order valence-corrected chi connectivity index (χ0v) is 17.1. The first kappa shape index (κ1) is 20.6. The summed E-state index contributed by atoms with van der Waals surface area (Å²) >= 11 is 6.45. The highest BCUT2D eigenvalue weighted by Gasteiger charge is 2.29. The Morgan fingerprint density at radius 1 is 1.10 bits per heavy atom. The molecule has 2 aliphatic rings. The molecule has 0 bridgehead atoms. The Morgan fingerprint density at radius 3 is 2.66 bits per heavy atom. The topological polar surface area (TPSA) is 68.2 Å². The highest BCUT2D eigenvalue weighted by Crippen LogP contribution is 2.34. The van der Waals surface area contributed by atoms with Crippen LogP contribution in [-0.2, 0) is 15.9 Å². The van der Waals surface area contributed by atoms with Crippen LogP contribution < -0.4 is 4.74 Å². The highest BCUT2D eigenvalue weighted by atomic mass is 35.5. The quantitative estimate of drug-likeness (QED) is 0.749. The molecule has 2 saturated heterocycles. The van der Waals surface area contributed by atoms with E-state index in [0.29, 0.717) is 30.9 Å². The molecule has 2 aromatic carbocycles. The van der Waals surface area contributed by atoms with Gasteiger partial charge in [-0.3, -0.25) is 0 Å². The standard InChI is InChI=1S/C23H27ClO5/c24-22-6-3-16(23-12-18(26)11-21(13-25)29-23)10-17(22)9-15-1-4-19(5-2-15)28-20-7-8-27-14-20/h1-6,10,18,20-21,23,25-26H,7-9,11-14H2/t18?,20?,21-,23+/m0/s1. The predicted octanol–water partition coefficient (Wildman–Crippen LogP) is 3.67. The van der Waals surface area contributed by atoms with Crippen LogP contribution in [0.15, 0.2) is 42.5 Å². The average Bonchev–Trinajstić information content (AvgIpc) is 3.23. The van der Waals surface area contributed by atoms with E-state index in [1.165, 1.54) is 0 Å². The van der Waals surface area contributed by atoms with E-state index in [0.717, 1.165) is 35.5 Å². The maximum atomic E-state index is 10.1. The van der Waals surface area contributed by atoms with Crippen LogP contribution in [-0.4, -0.2) is 48.3 Å². The second-order valence-corrected chi connectivity index (χ2v) is 8.24. The Kier molecular flexibility index (Phi) is 6.73. The van der Waals surface area contributed by atoms with Gasteiger partial charge in [0.15, 0.2) is 0 Å². The van der Waals surface area contributed by atoms with E-state index < -0.39 is 6.10 Å². The zero-order chi connectivity index (χ0) is 20.2. The molecule has 29 heavy (non-hydrogen) atoms. The van der Waals surface area contributed by atoms with Gasteiger partial charge in [-0.05, 0) is 41.3 Å². The molecule has 2 aliphatic heterocycles. The number of hydrogen-bond acceptors (Lipinski definition) is 5. The molecule has 0 amide bonds. The zero-order valence-electron chi connectivity index (χ0n) is 16.3. The maximum absolute atomic E-state index is 10.1. The summed E-state index contributed by atoms with van der Waals surface area (Å²) in [6.45, 7) is 1.33. The van der Waals surface area contributed by atoms with Gasteiger partial charge < -0.3 is 24.4 Å². The first-order valence-corrected chi connectivity index (χ1v) is 10.5. The molecule has 0 radical (unpaired) electrons. The molecule has 6 heteroatoms. The largest absolute Gasteiger partial charge is 0.488 e. The monoisotopic (exact) mass is 418 g/mol. The Balaban J connectivity index is 1.45. The summed E-state index contributed by atoms with van der Waals surface area (Å²) in [5, 5.41) is 20.2. The Bertz CT molecular complexity index is 803. The molecule has 0 aliphatic carbocycles. The number of aliphatic hydroxyl groups is 2. The lowest BCUT2D eigenvalue weighted by Crippen LogP contribution is -2.33. The molecule has 4 atom stereocenters. The molecule has 156 valence electrons. The van der Waals surface area contributed by atoms with Gasteiger partial charge in [-0.2, -0.15) is 0 Å². The molecule has 2 aromatic rings. The lowest BCUT2D eigenvalue weighted by molar-refractivity contribution is -0.113. The summed E-state index contributed by atoms with van der Waals surface area (Å²) in [6.07, 6.45) is 1.71. The molecule has 2 N–H and O–H groups in total. The third kappa shape index (κ3) is 5.30. The number of benzene rings is 2. The minimum absolute atomic E-state index is 0.0879. The number of halogens is 1. The van der Waals surface area contributed by atoms with Gasteiger partial charge in [0.1, 0.15) is 11.9 Å². The minimum atomic E-state index is -0.470. The average molecular weight is 419 g/mol. The first-order valence-electron chi connectivity index (χ1n) is 10.2. The van der Waals surface area contributed by atoms with Crippen LogP contribution in [0.4, 0.5) is 0 Å². The Hall–Kier alpha value is -1.63. The maximum Gasteiger partial charge on any atom is 0.124 e. The van der Waals surface area contributed by atoms with Crippen molar-refractivity contribution >= 4 is 11.6 Å². The van der Waals surface area contributed by atoms with Gasteiger partial charge >= 0.3 is 0 Å². The fraction of sp³-hybridized carbons (Fsp3) is 0.478. The van der Waals surface area contributed by atoms with Crippen LogP contribution in [0.25, 0.3) is 0 Å². The summed E-state index contributed by atoms with van der Waals surface area (Å²) in [5.41, 5.74) is 3.12. The normalized spacial score (nSPS) is 27.1. The van der Waals surface area contributed by atoms with Crippen molar-refractivity contribution in [1.29, 1.82) is 0 Å². The van der Waals surface area contributed by atoms with Crippen molar-refractivity contribution < 1.29 is 24.4 Å². The molecule has 0 spiro atoms. The Morgan fingerprint density at radius 2 is 1.93 bits per heavy atom. The van der Waals surface area contributed by atoms with Gasteiger partial charge in [0.25, 0.3) is 0 Å². The number of ether oxygens (including phenoxy) is 3. The van der Waals surface area contributed by atoms with Gasteiger partial charge in [0, 0.05) is 24.3 Å². The minimum Gasteiger partial charge on any atom is -0.488 e. The Labute approximate surface area is 176 Å². The predicted molar refractivity (Wildman–Crippen MR) is 110 cm³/mol. The summed E-state index contributed by atoms with van der Waals surface area (Å²) in [4.78, 5) is 0. The lowest BCUT2D eigenvalue weighted by atomic mass is 9.94. The van der Waals surface area contributed by atoms with Gasteiger partial charge in [-0.15, -0.1) is 0 Å². The van der Waals surface area contributed by atoms with Crippen molar-refractivity contribution in [2.24, 2.45) is 0 Å². The second kappa shape index (κ2) is 9.45. The van der Waals surface area contributed by atoms with Crippen LogP contribution in [0.5, 0.6) is 5.75 Å². The van der Waals surface area contributed by atoms with E-state index in [2.05, 4.69) is 12.1 Å². The van der Waals surface area contributed by atoms with E-state index in [4.69, 9.17) is 25.8 Å². The fourth-order valence-corrected chi connectivity index (χ4v) is 4.14. The summed E-state index contributed by atoms with van der Waals surface area (Å²) in [6, 6.07) is 13.9. The summed E-state index contributed by atoms with van der Waals surface area (Å²) in [5.74, 6) is 0.851. The van der Waals surface area contributed by atoms with Crippen LogP contribution in [0.1, 0.15) is 42.1 Å². The molecule has 2 fully saturated rings. The second-order valence-electron chi connectivity index (χ2n) is 7.83. The van der Waals surface area contributed by atoms with E-state index in [-0.39, 0.29) is 24.9 Å². The van der Waals surface area contributed by atoms with Crippen LogP contribution >= 0.6 is 11.6 Å². The van der Waals surface area contributed by atoms with Crippen molar-refractivity contribution in [3.05, 3.63) is 64.2 Å². The lowest BCUT2D eigenvalue weighted by Gasteiger charge is -2.32. The number of aliphatic hydroxyl groups excluding tert-OH is 2. The summed E-state index contributed by atoms with van der Waals surface area (Å²) in [7, 11) is 0. The molecular weight excluding hydrogens is 392 g/mol. The van der Waals surface area contributed by atoms with Crippen molar-refractivity contribution in [3.8, 4) is 5.75 Å². The number of rotatable bonds is 6. The highest BCUT2D eigenvalue weighted by molar-refractivity contribution is 6.31. The van der Waals surface area contributed by atoms with Crippen molar-refractivity contribution in [3.63, 3.8) is 0 Å². The first-order chi connectivity index (χ1) is 14.1. The van der Waals surface area contributed by atoms with Crippen molar-refractivity contribution in [2.75, 3.05) is 19.8 Å². The van der Waals surface area contributed by atoms with Crippen LogP contribution in [0.3, 0.4) is 0 Å². The molecule has 0 saturated carbocycles. The SMILES string of the molecule is OC[C@@H]1CC(O)C[C@H](c2ccc(Cl)c(Cc3ccc(OC4CCOC4)cc3)c2)O1. The third-order valence-corrected chi connectivity index (χ3v) is 5.90. The van der Waals surface area contributed by atoms with Crippen molar-refractivity contribution in [2.45, 2.75) is 50.1 Å². The van der Waals surface area contributed by atoms with Crippen LogP contribution in [0, 0.1) is 0 Å². The fourth-order valence-electron chi connectivity index (χ4n) is 3.96. The van der Waals surface area contributed by atoms with E-state index >= 15 is 0 Å². The van der Waals surface area contributed by atoms with Gasteiger partial charge in [-0.25, -0.2) is 0 Å². The van der Waals surface area contributed by atoms with E-state index in [1.807, 2.05) is 30.3 Å². The molecule has 2 heterocycles. The summed E-state index contributed by atoms with van der Waals surface area (Å²) < 4.78 is 17.2. The number of hydrogen-bond donors (Lipinski definition) is 2. The van der Waals surface area contributed by atoms with Gasteiger partial charge in [0.05, 0.1) is 38.1 Å².